The van der Waals surface area contributed by atoms with Crippen molar-refractivity contribution in [1.82, 2.24) is 25.0 Å². The lowest BCUT2D eigenvalue weighted by molar-refractivity contribution is 0.0512. The molecule has 7 heteroatoms. The van der Waals surface area contributed by atoms with Crippen molar-refractivity contribution in [2.24, 2.45) is 0 Å². The van der Waals surface area contributed by atoms with Crippen LogP contribution in [0.4, 0.5) is 0 Å². The van der Waals surface area contributed by atoms with Crippen LogP contribution in [0.5, 0.6) is 0 Å². The van der Waals surface area contributed by atoms with E-state index < -0.39 is 5.97 Å². The first-order valence-corrected chi connectivity index (χ1v) is 5.80. The highest BCUT2D eigenvalue weighted by Gasteiger charge is 2.16. The monoisotopic (exact) mass is 249 g/mol. The molecule has 0 aliphatic rings. The number of nitrogens with one attached hydrogen (secondary N) is 1. The van der Waals surface area contributed by atoms with E-state index in [2.05, 4.69) is 20.3 Å². The first kappa shape index (κ1) is 12.3. The Hall–Kier alpha value is -2.18. The van der Waals surface area contributed by atoms with Crippen LogP contribution in [0.3, 0.4) is 0 Å². The molecule has 0 spiro atoms. The van der Waals surface area contributed by atoms with Gasteiger partial charge in [0.15, 0.2) is 5.82 Å². The lowest BCUT2D eigenvalue weighted by Crippen LogP contribution is -2.06. The number of hydrogen-bond donors (Lipinski definition) is 1. The van der Waals surface area contributed by atoms with Gasteiger partial charge in [-0.1, -0.05) is 0 Å². The first-order valence-electron chi connectivity index (χ1n) is 5.80. The summed E-state index contributed by atoms with van der Waals surface area (Å²) in [5, 5.41) is 10.9. The van der Waals surface area contributed by atoms with Gasteiger partial charge >= 0.3 is 5.97 Å². The van der Waals surface area contributed by atoms with E-state index >= 15 is 0 Å². The fourth-order valence-electron chi connectivity index (χ4n) is 1.63. The molecule has 0 aliphatic heterocycles. The predicted octanol–water partition coefficient (Wildman–Crippen LogP) is 1.17. The minimum atomic E-state index is -0.504. The third-order valence-electron chi connectivity index (χ3n) is 2.38. The Labute approximate surface area is 104 Å². The van der Waals surface area contributed by atoms with Crippen LogP contribution < -0.4 is 0 Å². The number of aromatic amines is 1. The molecular formula is C11H15N5O2. The van der Waals surface area contributed by atoms with E-state index in [4.69, 9.17) is 4.74 Å². The number of esters is 1. The molecule has 1 N–H and O–H groups in total. The van der Waals surface area contributed by atoms with E-state index in [1.807, 2.05) is 19.9 Å². The molecular weight excluding hydrogens is 234 g/mol. The van der Waals surface area contributed by atoms with Gasteiger partial charge in [0.25, 0.3) is 0 Å². The summed E-state index contributed by atoms with van der Waals surface area (Å²) in [4.78, 5) is 15.6. The Kier molecular flexibility index (Phi) is 3.40. The smallest absolute Gasteiger partial charge is 0.375 e. The van der Waals surface area contributed by atoms with E-state index in [1.54, 1.807) is 11.6 Å². The second kappa shape index (κ2) is 4.99. The number of aromatic nitrogens is 5. The second-order valence-corrected chi connectivity index (χ2v) is 3.71. The largest absolute Gasteiger partial charge is 0.460 e. The number of ether oxygens (including phenoxy) is 1. The van der Waals surface area contributed by atoms with Crippen LogP contribution >= 0.6 is 0 Å². The molecule has 0 atom stereocenters. The van der Waals surface area contributed by atoms with E-state index in [9.17, 15) is 4.79 Å². The van der Waals surface area contributed by atoms with Gasteiger partial charge in [-0.05, 0) is 26.8 Å². The van der Waals surface area contributed by atoms with E-state index in [0.717, 1.165) is 11.4 Å². The van der Waals surface area contributed by atoms with Crippen LogP contribution in [0.2, 0.25) is 0 Å². The number of H-pyrrole nitrogens is 1. The van der Waals surface area contributed by atoms with E-state index in [0.29, 0.717) is 19.0 Å². The molecule has 0 fully saturated rings. The summed E-state index contributed by atoms with van der Waals surface area (Å²) in [5.74, 6) is 0.0457. The van der Waals surface area contributed by atoms with Crippen LogP contribution in [-0.2, 0) is 11.3 Å². The van der Waals surface area contributed by atoms with Gasteiger partial charge < -0.3 is 4.74 Å². The molecule has 0 aromatic carbocycles. The van der Waals surface area contributed by atoms with Crippen LogP contribution in [-0.4, -0.2) is 37.5 Å². The molecule has 0 bridgehead atoms. The minimum absolute atomic E-state index is 0.105. The maximum absolute atomic E-state index is 11.5. The van der Waals surface area contributed by atoms with Crippen molar-refractivity contribution in [2.75, 3.05) is 6.61 Å². The molecule has 0 saturated heterocycles. The highest BCUT2D eigenvalue weighted by Crippen LogP contribution is 2.16. The SMILES string of the molecule is CCOC(=O)c1nc(-c2cc(C)nn2CC)n[nH]1. The van der Waals surface area contributed by atoms with Crippen molar-refractivity contribution < 1.29 is 9.53 Å². The Bertz CT molecular complexity index is 558. The summed E-state index contributed by atoms with van der Waals surface area (Å²) in [6, 6.07) is 1.88. The number of rotatable bonds is 4. The molecule has 0 amide bonds. The summed E-state index contributed by atoms with van der Waals surface area (Å²) in [6.07, 6.45) is 0. The molecule has 0 aliphatic carbocycles. The molecule has 0 saturated carbocycles. The first-order chi connectivity index (χ1) is 8.65. The maximum atomic E-state index is 11.5. The van der Waals surface area contributed by atoms with Crippen molar-refractivity contribution in [3.63, 3.8) is 0 Å². The molecule has 18 heavy (non-hydrogen) atoms. The molecule has 2 heterocycles. The summed E-state index contributed by atoms with van der Waals surface area (Å²) >= 11 is 0. The van der Waals surface area contributed by atoms with E-state index in [1.165, 1.54) is 0 Å². The molecule has 7 nitrogen and oxygen atoms in total. The summed E-state index contributed by atoms with van der Waals surface area (Å²) in [6.45, 7) is 6.64. The average molecular weight is 249 g/mol. The van der Waals surface area contributed by atoms with Crippen LogP contribution in [0.25, 0.3) is 11.5 Å². The van der Waals surface area contributed by atoms with E-state index in [-0.39, 0.29) is 5.82 Å². The number of nitrogens with zero attached hydrogens (tertiary/aromatic N) is 4. The number of carbonyl (C=O) groups is 1. The summed E-state index contributed by atoms with van der Waals surface area (Å²) in [5.41, 5.74) is 1.66. The minimum Gasteiger partial charge on any atom is -0.460 e. The fraction of sp³-hybridized carbons (Fsp3) is 0.455. The Balaban J connectivity index is 2.31. The van der Waals surface area contributed by atoms with Crippen molar-refractivity contribution >= 4 is 5.97 Å². The maximum Gasteiger partial charge on any atom is 0.375 e. The normalized spacial score (nSPS) is 10.6. The van der Waals surface area contributed by atoms with Gasteiger partial charge in [0.2, 0.25) is 5.82 Å². The topological polar surface area (TPSA) is 85.7 Å². The van der Waals surface area contributed by atoms with Gasteiger partial charge in [0.05, 0.1) is 12.3 Å². The number of carbonyl (C=O) groups excluding carboxylic acids is 1. The Morgan fingerprint density at radius 2 is 2.28 bits per heavy atom. The highest BCUT2D eigenvalue weighted by atomic mass is 16.5. The van der Waals surface area contributed by atoms with Crippen LogP contribution in [0.1, 0.15) is 30.2 Å². The van der Waals surface area contributed by atoms with Crippen molar-refractivity contribution in [1.29, 1.82) is 0 Å². The van der Waals surface area contributed by atoms with Crippen LogP contribution in [0, 0.1) is 6.92 Å². The second-order valence-electron chi connectivity index (χ2n) is 3.71. The van der Waals surface area contributed by atoms with Crippen molar-refractivity contribution in [3.8, 4) is 11.5 Å². The van der Waals surface area contributed by atoms with Crippen molar-refractivity contribution in [2.45, 2.75) is 27.3 Å². The predicted molar refractivity (Wildman–Crippen MR) is 64.0 cm³/mol. The van der Waals surface area contributed by atoms with Crippen LogP contribution in [0.15, 0.2) is 6.07 Å². The van der Waals surface area contributed by atoms with Gasteiger partial charge in [0, 0.05) is 6.54 Å². The third-order valence-corrected chi connectivity index (χ3v) is 2.38. The highest BCUT2D eigenvalue weighted by molar-refractivity contribution is 5.85. The Morgan fingerprint density at radius 3 is 2.94 bits per heavy atom. The zero-order chi connectivity index (χ0) is 13.1. The molecule has 2 rings (SSSR count). The van der Waals surface area contributed by atoms with Crippen molar-refractivity contribution in [3.05, 3.63) is 17.6 Å². The standard InChI is InChI=1S/C11H15N5O2/c1-4-16-8(6-7(3)15-16)9-12-10(14-13-9)11(17)18-5-2/h6H,4-5H2,1-3H3,(H,12,13,14). The molecule has 2 aromatic heterocycles. The summed E-state index contributed by atoms with van der Waals surface area (Å²) < 4.78 is 6.63. The van der Waals surface area contributed by atoms with Gasteiger partial charge in [0.1, 0.15) is 5.69 Å². The number of hydrogen-bond acceptors (Lipinski definition) is 5. The van der Waals surface area contributed by atoms with Gasteiger partial charge in [-0.15, -0.1) is 0 Å². The Morgan fingerprint density at radius 1 is 1.50 bits per heavy atom. The molecule has 0 unspecified atom stereocenters. The zero-order valence-electron chi connectivity index (χ0n) is 10.6. The van der Waals surface area contributed by atoms with Gasteiger partial charge in [-0.25, -0.2) is 4.79 Å². The fourth-order valence-corrected chi connectivity index (χ4v) is 1.63. The zero-order valence-corrected chi connectivity index (χ0v) is 10.6. The summed E-state index contributed by atoms with van der Waals surface area (Å²) in [7, 11) is 0. The van der Waals surface area contributed by atoms with Gasteiger partial charge in [-0.2, -0.15) is 15.2 Å². The number of aryl methyl sites for hydroxylation is 2. The molecule has 2 aromatic rings. The molecule has 0 radical (unpaired) electrons. The lowest BCUT2D eigenvalue weighted by atomic mass is 10.3. The quantitative estimate of drug-likeness (QED) is 0.822. The molecule has 96 valence electrons. The lowest BCUT2D eigenvalue weighted by Gasteiger charge is -1.99. The average Bonchev–Trinajstić information content (AvgIpc) is 2.95. The van der Waals surface area contributed by atoms with Gasteiger partial charge in [-0.3, -0.25) is 9.78 Å². The third kappa shape index (κ3) is 2.24.